The Morgan fingerprint density at radius 3 is 2.29 bits per heavy atom. The van der Waals surface area contributed by atoms with Crippen molar-refractivity contribution >= 4 is 17.4 Å². The minimum Gasteiger partial charge on any atom is -0.496 e. The largest absolute Gasteiger partial charge is 0.496 e. The predicted octanol–water partition coefficient (Wildman–Crippen LogP) is 3.78. The standard InChI is InChI=1S/C20H12N2O2/c1-24-18-9-5-2-6-13(18)10-17-19(14(11-21)12-22)15-7-3-4-8-16(15)20(17)23/h2-10H,1H3/b17-10-. The molecule has 0 atom stereocenters. The van der Waals surface area contributed by atoms with Gasteiger partial charge in [0.2, 0.25) is 0 Å². The van der Waals surface area contributed by atoms with Crippen LogP contribution in [0.1, 0.15) is 21.5 Å². The first-order chi connectivity index (χ1) is 11.7. The second kappa shape index (κ2) is 6.24. The summed E-state index contributed by atoms with van der Waals surface area (Å²) in [4.78, 5) is 12.8. The molecule has 0 heterocycles. The molecule has 0 radical (unpaired) electrons. The number of nitriles is 2. The Bertz CT molecular complexity index is 969. The number of para-hydroxylation sites is 1. The summed E-state index contributed by atoms with van der Waals surface area (Å²) in [6.45, 7) is 0. The van der Waals surface area contributed by atoms with E-state index in [9.17, 15) is 15.3 Å². The SMILES string of the molecule is COc1ccccc1/C=C1\C(=O)c2ccccc2C1=C(C#N)C#N. The van der Waals surface area contributed by atoms with Crippen LogP contribution in [-0.2, 0) is 0 Å². The zero-order valence-corrected chi connectivity index (χ0v) is 12.9. The van der Waals surface area contributed by atoms with Crippen molar-refractivity contribution in [2.24, 2.45) is 0 Å². The van der Waals surface area contributed by atoms with Gasteiger partial charge in [-0.3, -0.25) is 4.79 Å². The van der Waals surface area contributed by atoms with Crippen molar-refractivity contribution in [1.82, 2.24) is 0 Å². The number of carbonyl (C=O) groups excluding carboxylic acids is 1. The third kappa shape index (κ3) is 2.37. The van der Waals surface area contributed by atoms with Crippen molar-refractivity contribution in [3.05, 3.63) is 76.4 Å². The molecule has 0 spiro atoms. The van der Waals surface area contributed by atoms with Crippen molar-refractivity contribution in [2.75, 3.05) is 7.11 Å². The first kappa shape index (κ1) is 15.3. The smallest absolute Gasteiger partial charge is 0.194 e. The summed E-state index contributed by atoms with van der Waals surface area (Å²) in [6, 6.07) is 18.1. The number of benzene rings is 2. The minimum atomic E-state index is -0.200. The number of nitrogens with zero attached hydrogens (tertiary/aromatic N) is 2. The van der Waals surface area contributed by atoms with Gasteiger partial charge in [0.1, 0.15) is 23.5 Å². The molecule has 0 bridgehead atoms. The molecule has 0 unspecified atom stereocenters. The molecule has 0 aliphatic heterocycles. The number of methoxy groups -OCH3 is 1. The Morgan fingerprint density at radius 2 is 1.62 bits per heavy atom. The van der Waals surface area contributed by atoms with E-state index >= 15 is 0 Å². The highest BCUT2D eigenvalue weighted by atomic mass is 16.5. The predicted molar refractivity (Wildman–Crippen MR) is 89.9 cm³/mol. The summed E-state index contributed by atoms with van der Waals surface area (Å²) in [7, 11) is 1.55. The number of allylic oxidation sites excluding steroid dienone is 3. The van der Waals surface area contributed by atoms with Gasteiger partial charge in [-0.05, 0) is 17.7 Å². The third-order valence-electron chi connectivity index (χ3n) is 3.87. The maximum absolute atomic E-state index is 12.8. The first-order valence-corrected chi connectivity index (χ1v) is 7.25. The van der Waals surface area contributed by atoms with Crippen LogP contribution < -0.4 is 4.74 Å². The molecule has 24 heavy (non-hydrogen) atoms. The molecule has 4 heteroatoms. The van der Waals surface area contributed by atoms with Crippen LogP contribution in [0.3, 0.4) is 0 Å². The topological polar surface area (TPSA) is 73.9 Å². The van der Waals surface area contributed by atoms with E-state index < -0.39 is 0 Å². The number of carbonyl (C=O) groups is 1. The van der Waals surface area contributed by atoms with Crippen molar-refractivity contribution in [3.63, 3.8) is 0 Å². The van der Waals surface area contributed by atoms with Gasteiger partial charge in [-0.1, -0.05) is 42.5 Å². The van der Waals surface area contributed by atoms with Crippen LogP contribution in [0.4, 0.5) is 0 Å². The lowest BCUT2D eigenvalue weighted by molar-refractivity contribution is 0.104. The molecule has 1 aliphatic rings. The monoisotopic (exact) mass is 312 g/mol. The molecule has 0 fully saturated rings. The summed E-state index contributed by atoms with van der Waals surface area (Å²) in [5.74, 6) is 0.415. The van der Waals surface area contributed by atoms with Gasteiger partial charge in [-0.2, -0.15) is 10.5 Å². The molecular weight excluding hydrogens is 300 g/mol. The van der Waals surface area contributed by atoms with Crippen LogP contribution in [0.2, 0.25) is 0 Å². The highest BCUT2D eigenvalue weighted by Gasteiger charge is 2.32. The Balaban J connectivity index is 2.30. The molecule has 114 valence electrons. The molecule has 0 aromatic heterocycles. The number of ether oxygens (including phenoxy) is 1. The minimum absolute atomic E-state index is 0.0746. The van der Waals surface area contributed by atoms with Crippen LogP contribution in [-0.4, -0.2) is 12.9 Å². The molecule has 4 nitrogen and oxygen atoms in total. The van der Waals surface area contributed by atoms with E-state index in [4.69, 9.17) is 4.74 Å². The number of hydrogen-bond donors (Lipinski definition) is 0. The first-order valence-electron chi connectivity index (χ1n) is 7.25. The average molecular weight is 312 g/mol. The van der Waals surface area contributed by atoms with Gasteiger partial charge in [0.05, 0.1) is 7.11 Å². The van der Waals surface area contributed by atoms with Crippen LogP contribution in [0.15, 0.2) is 59.7 Å². The van der Waals surface area contributed by atoms with Gasteiger partial charge in [0.15, 0.2) is 5.78 Å². The van der Waals surface area contributed by atoms with Crippen molar-refractivity contribution in [1.29, 1.82) is 10.5 Å². The van der Waals surface area contributed by atoms with Crippen LogP contribution in [0.5, 0.6) is 5.75 Å². The molecule has 0 amide bonds. The Morgan fingerprint density at radius 1 is 1.00 bits per heavy atom. The number of ketones is 1. The summed E-state index contributed by atoms with van der Waals surface area (Å²) < 4.78 is 5.31. The number of fused-ring (bicyclic) bond motifs is 1. The van der Waals surface area contributed by atoms with Crippen LogP contribution in [0.25, 0.3) is 11.6 Å². The molecule has 3 rings (SSSR count). The maximum atomic E-state index is 12.8. The normalized spacial score (nSPS) is 14.0. The molecular formula is C20H12N2O2. The van der Waals surface area contributed by atoms with Crippen molar-refractivity contribution in [2.45, 2.75) is 0 Å². The molecule has 0 saturated heterocycles. The Kier molecular flexibility index (Phi) is 3.97. The van der Waals surface area contributed by atoms with E-state index in [-0.39, 0.29) is 11.4 Å². The Hall–Kier alpha value is -3.63. The summed E-state index contributed by atoms with van der Waals surface area (Å²) in [5.41, 5.74) is 2.46. The van der Waals surface area contributed by atoms with Gasteiger partial charge in [0, 0.05) is 22.3 Å². The zero-order chi connectivity index (χ0) is 17.1. The highest BCUT2D eigenvalue weighted by molar-refractivity contribution is 6.29. The lowest BCUT2D eigenvalue weighted by atomic mass is 9.98. The average Bonchev–Trinajstić information content (AvgIpc) is 2.90. The highest BCUT2D eigenvalue weighted by Crippen LogP contribution is 2.40. The zero-order valence-electron chi connectivity index (χ0n) is 12.9. The van der Waals surface area contributed by atoms with Gasteiger partial charge in [-0.15, -0.1) is 0 Å². The van der Waals surface area contributed by atoms with Crippen molar-refractivity contribution < 1.29 is 9.53 Å². The molecule has 2 aromatic rings. The third-order valence-corrected chi connectivity index (χ3v) is 3.87. The number of Topliss-reactive ketones (excluding diaryl/α,β-unsaturated/α-hetero) is 1. The lowest BCUT2D eigenvalue weighted by Gasteiger charge is -2.06. The lowest BCUT2D eigenvalue weighted by Crippen LogP contribution is -1.96. The molecule has 0 saturated carbocycles. The second-order valence-electron chi connectivity index (χ2n) is 5.15. The van der Waals surface area contributed by atoms with E-state index in [1.165, 1.54) is 0 Å². The van der Waals surface area contributed by atoms with Crippen molar-refractivity contribution in [3.8, 4) is 17.9 Å². The van der Waals surface area contributed by atoms with E-state index in [1.807, 2.05) is 30.3 Å². The fraction of sp³-hybridized carbons (Fsp3) is 0.0500. The van der Waals surface area contributed by atoms with Gasteiger partial charge >= 0.3 is 0 Å². The van der Waals surface area contributed by atoms with E-state index in [0.29, 0.717) is 33.6 Å². The quantitative estimate of drug-likeness (QED) is 0.625. The van der Waals surface area contributed by atoms with Crippen LogP contribution in [0, 0.1) is 22.7 Å². The summed E-state index contributed by atoms with van der Waals surface area (Å²) >= 11 is 0. The molecule has 2 aromatic carbocycles. The van der Waals surface area contributed by atoms with Gasteiger partial charge < -0.3 is 4.74 Å². The summed E-state index contributed by atoms with van der Waals surface area (Å²) in [5, 5.41) is 18.6. The number of rotatable bonds is 2. The van der Waals surface area contributed by atoms with E-state index in [2.05, 4.69) is 0 Å². The second-order valence-corrected chi connectivity index (χ2v) is 5.15. The van der Waals surface area contributed by atoms with E-state index in [1.54, 1.807) is 43.5 Å². The molecule has 1 aliphatic carbocycles. The van der Waals surface area contributed by atoms with Gasteiger partial charge in [0.25, 0.3) is 0 Å². The van der Waals surface area contributed by atoms with E-state index in [0.717, 1.165) is 0 Å². The Labute approximate surface area is 139 Å². The summed E-state index contributed by atoms with van der Waals surface area (Å²) in [6.07, 6.45) is 1.67. The molecule has 0 N–H and O–H groups in total. The van der Waals surface area contributed by atoms with Crippen LogP contribution >= 0.6 is 0 Å². The maximum Gasteiger partial charge on any atom is 0.194 e. The fourth-order valence-electron chi connectivity index (χ4n) is 2.79. The number of hydrogen-bond acceptors (Lipinski definition) is 4. The van der Waals surface area contributed by atoms with Gasteiger partial charge in [-0.25, -0.2) is 0 Å². The fourth-order valence-corrected chi connectivity index (χ4v) is 2.79.